The van der Waals surface area contributed by atoms with E-state index in [9.17, 15) is 4.79 Å². The fraction of sp³-hybridized carbons (Fsp3) is 0.182. The fourth-order valence-corrected chi connectivity index (χ4v) is 1.76. The first kappa shape index (κ1) is 8.05. The molecule has 0 heterocycles. The van der Waals surface area contributed by atoms with Gasteiger partial charge in [0.25, 0.3) is 0 Å². The third-order valence-corrected chi connectivity index (χ3v) is 2.40. The number of hydrogen-bond acceptors (Lipinski definition) is 1. The molecule has 2 nitrogen and oxygen atoms in total. The summed E-state index contributed by atoms with van der Waals surface area (Å²) in [6, 6.07) is 7.65. The van der Waals surface area contributed by atoms with Gasteiger partial charge in [0.1, 0.15) is 5.92 Å². The minimum Gasteiger partial charge on any atom is -0.481 e. The van der Waals surface area contributed by atoms with Crippen molar-refractivity contribution in [2.75, 3.05) is 0 Å². The van der Waals surface area contributed by atoms with Crippen molar-refractivity contribution in [3.8, 4) is 0 Å². The third-order valence-electron chi connectivity index (χ3n) is 2.40. The summed E-state index contributed by atoms with van der Waals surface area (Å²) < 4.78 is 0. The number of rotatable bonds is 1. The molecule has 1 aromatic rings. The molecule has 2 rings (SSSR count). The predicted molar refractivity (Wildman–Crippen MR) is 50.5 cm³/mol. The van der Waals surface area contributed by atoms with Gasteiger partial charge in [-0.25, -0.2) is 0 Å². The lowest BCUT2D eigenvalue weighted by Crippen LogP contribution is -2.06. The van der Waals surface area contributed by atoms with E-state index in [4.69, 9.17) is 5.11 Å². The molecule has 0 fully saturated rings. The van der Waals surface area contributed by atoms with Crippen LogP contribution >= 0.6 is 0 Å². The summed E-state index contributed by atoms with van der Waals surface area (Å²) in [4.78, 5) is 10.9. The maximum Gasteiger partial charge on any atom is 0.314 e. The van der Waals surface area contributed by atoms with Crippen molar-refractivity contribution in [1.29, 1.82) is 0 Å². The van der Waals surface area contributed by atoms with Crippen LogP contribution in [0.4, 0.5) is 0 Å². The number of fused-ring (bicyclic) bond motifs is 1. The van der Waals surface area contributed by atoms with Crippen LogP contribution in [0.3, 0.4) is 0 Å². The molecule has 1 aliphatic carbocycles. The van der Waals surface area contributed by atoms with Crippen LogP contribution < -0.4 is 0 Å². The topological polar surface area (TPSA) is 37.3 Å². The second-order valence-electron chi connectivity index (χ2n) is 3.25. The summed E-state index contributed by atoms with van der Waals surface area (Å²) in [5.74, 6) is -1.22. The minimum absolute atomic E-state index is 0.448. The Hall–Kier alpha value is -1.57. The van der Waals surface area contributed by atoms with Gasteiger partial charge in [0, 0.05) is 0 Å². The monoisotopic (exact) mass is 174 g/mol. The molecule has 0 aliphatic heterocycles. The summed E-state index contributed by atoms with van der Waals surface area (Å²) in [5, 5.41) is 8.93. The van der Waals surface area contributed by atoms with E-state index in [0.717, 1.165) is 16.7 Å². The molecule has 1 aromatic carbocycles. The average molecular weight is 174 g/mol. The standard InChI is InChI=1S/C11H10O2/c1-7-6-10(11(12)13)9-5-3-2-4-8(7)9/h2-6,10H,1H3,(H,12,13)/t10-/m1/s1. The molecule has 1 atom stereocenters. The zero-order valence-electron chi connectivity index (χ0n) is 7.32. The van der Waals surface area contributed by atoms with Gasteiger partial charge in [-0.2, -0.15) is 0 Å². The first-order valence-electron chi connectivity index (χ1n) is 4.20. The Morgan fingerprint density at radius 2 is 2.08 bits per heavy atom. The van der Waals surface area contributed by atoms with Gasteiger partial charge < -0.3 is 5.11 Å². The molecule has 2 heteroatoms. The molecule has 13 heavy (non-hydrogen) atoms. The molecule has 0 bridgehead atoms. The van der Waals surface area contributed by atoms with Crippen LogP contribution in [-0.2, 0) is 4.79 Å². The lowest BCUT2D eigenvalue weighted by Gasteiger charge is -2.04. The average Bonchev–Trinajstić information content (AvgIpc) is 2.45. The smallest absolute Gasteiger partial charge is 0.314 e. The van der Waals surface area contributed by atoms with Crippen molar-refractivity contribution >= 4 is 11.5 Å². The molecular weight excluding hydrogens is 164 g/mol. The zero-order valence-corrected chi connectivity index (χ0v) is 7.32. The number of hydrogen-bond donors (Lipinski definition) is 1. The van der Waals surface area contributed by atoms with Crippen LogP contribution in [0.25, 0.3) is 5.57 Å². The molecule has 0 aromatic heterocycles. The van der Waals surface area contributed by atoms with E-state index in [0.29, 0.717) is 0 Å². The van der Waals surface area contributed by atoms with Crippen LogP contribution in [0.1, 0.15) is 24.0 Å². The van der Waals surface area contributed by atoms with Gasteiger partial charge in [-0.3, -0.25) is 4.79 Å². The Kier molecular flexibility index (Phi) is 1.69. The number of carbonyl (C=O) groups is 1. The first-order valence-corrected chi connectivity index (χ1v) is 4.20. The first-order chi connectivity index (χ1) is 6.20. The van der Waals surface area contributed by atoms with Gasteiger partial charge in [0.15, 0.2) is 0 Å². The number of carboxylic acid groups (broad SMARTS) is 1. The summed E-state index contributed by atoms with van der Waals surface area (Å²) >= 11 is 0. The zero-order chi connectivity index (χ0) is 9.42. The molecular formula is C11H10O2. The van der Waals surface area contributed by atoms with Gasteiger partial charge in [0.05, 0.1) is 0 Å². The number of benzene rings is 1. The highest BCUT2D eigenvalue weighted by molar-refractivity contribution is 5.88. The van der Waals surface area contributed by atoms with E-state index in [1.807, 2.05) is 31.2 Å². The molecule has 1 aliphatic rings. The van der Waals surface area contributed by atoms with E-state index in [-0.39, 0.29) is 0 Å². The summed E-state index contributed by atoms with van der Waals surface area (Å²) in [6.45, 7) is 1.95. The summed E-state index contributed by atoms with van der Waals surface area (Å²) in [5.41, 5.74) is 3.03. The second-order valence-corrected chi connectivity index (χ2v) is 3.25. The lowest BCUT2D eigenvalue weighted by atomic mass is 10.0. The number of carboxylic acids is 1. The van der Waals surface area contributed by atoms with Crippen molar-refractivity contribution in [1.82, 2.24) is 0 Å². The number of allylic oxidation sites excluding steroid dienone is 1. The molecule has 0 radical (unpaired) electrons. The van der Waals surface area contributed by atoms with E-state index in [1.165, 1.54) is 0 Å². The molecule has 66 valence electrons. The van der Waals surface area contributed by atoms with Gasteiger partial charge >= 0.3 is 5.97 Å². The molecule has 0 unspecified atom stereocenters. The molecule has 0 amide bonds. The highest BCUT2D eigenvalue weighted by Gasteiger charge is 2.25. The van der Waals surface area contributed by atoms with Crippen molar-refractivity contribution in [2.24, 2.45) is 0 Å². The fourth-order valence-electron chi connectivity index (χ4n) is 1.76. The minimum atomic E-state index is -0.774. The SMILES string of the molecule is CC1=C[C@@H](C(=O)O)c2ccccc21. The Bertz CT molecular complexity index is 391. The Balaban J connectivity index is 2.56. The second kappa shape index (κ2) is 2.73. The predicted octanol–water partition coefficient (Wildman–Crippen LogP) is 2.27. The molecule has 0 spiro atoms. The van der Waals surface area contributed by atoms with E-state index < -0.39 is 11.9 Å². The van der Waals surface area contributed by atoms with Gasteiger partial charge in [0.2, 0.25) is 0 Å². The van der Waals surface area contributed by atoms with Crippen molar-refractivity contribution in [3.63, 3.8) is 0 Å². The molecule has 1 N–H and O–H groups in total. The van der Waals surface area contributed by atoms with Crippen LogP contribution in [0.15, 0.2) is 30.3 Å². The van der Waals surface area contributed by atoms with Crippen LogP contribution in [0.2, 0.25) is 0 Å². The number of aliphatic carboxylic acids is 1. The van der Waals surface area contributed by atoms with Gasteiger partial charge in [-0.15, -0.1) is 0 Å². The summed E-state index contributed by atoms with van der Waals surface area (Å²) in [7, 11) is 0. The van der Waals surface area contributed by atoms with Gasteiger partial charge in [-0.1, -0.05) is 30.3 Å². The Morgan fingerprint density at radius 1 is 1.38 bits per heavy atom. The van der Waals surface area contributed by atoms with Gasteiger partial charge in [-0.05, 0) is 23.6 Å². The van der Waals surface area contributed by atoms with E-state index in [1.54, 1.807) is 6.08 Å². The van der Waals surface area contributed by atoms with E-state index >= 15 is 0 Å². The molecule has 0 saturated heterocycles. The maximum absolute atomic E-state index is 10.9. The van der Waals surface area contributed by atoms with Crippen molar-refractivity contribution in [3.05, 3.63) is 41.5 Å². The highest BCUT2D eigenvalue weighted by atomic mass is 16.4. The van der Waals surface area contributed by atoms with Crippen molar-refractivity contribution < 1.29 is 9.90 Å². The van der Waals surface area contributed by atoms with E-state index in [2.05, 4.69) is 0 Å². The Labute approximate surface area is 76.5 Å². The highest BCUT2D eigenvalue weighted by Crippen LogP contribution is 2.35. The van der Waals surface area contributed by atoms with Crippen LogP contribution in [0, 0.1) is 0 Å². The maximum atomic E-state index is 10.9. The van der Waals surface area contributed by atoms with Crippen molar-refractivity contribution in [2.45, 2.75) is 12.8 Å². The summed E-state index contributed by atoms with van der Waals surface area (Å²) in [6.07, 6.45) is 1.80. The quantitative estimate of drug-likeness (QED) is 0.709. The third kappa shape index (κ3) is 1.15. The lowest BCUT2D eigenvalue weighted by molar-refractivity contribution is -0.137. The largest absolute Gasteiger partial charge is 0.481 e. The van der Waals surface area contributed by atoms with Crippen LogP contribution in [0.5, 0.6) is 0 Å². The molecule has 0 saturated carbocycles. The van der Waals surface area contributed by atoms with Crippen LogP contribution in [-0.4, -0.2) is 11.1 Å². The normalized spacial score (nSPS) is 19.5. The Morgan fingerprint density at radius 3 is 2.77 bits per heavy atom.